The fourth-order valence-electron chi connectivity index (χ4n) is 2.82. The third-order valence-electron chi connectivity index (χ3n) is 3.98. The van der Waals surface area contributed by atoms with Crippen molar-refractivity contribution in [2.24, 2.45) is 0 Å². The second kappa shape index (κ2) is 6.04. The minimum absolute atomic E-state index is 0.162. The Bertz CT molecular complexity index is 763. The molecule has 23 heavy (non-hydrogen) atoms. The summed E-state index contributed by atoms with van der Waals surface area (Å²) in [4.78, 5) is 14.0. The molecule has 0 radical (unpaired) electrons. The van der Waals surface area contributed by atoms with Crippen LogP contribution in [-0.4, -0.2) is 19.6 Å². The number of ether oxygens (including phenoxy) is 1. The Hall–Kier alpha value is -2.34. The Morgan fingerprint density at radius 3 is 2.61 bits per heavy atom. The fraction of sp³-hybridized carbons (Fsp3) is 0.235. The highest BCUT2D eigenvalue weighted by Gasteiger charge is 2.31. The number of anilines is 1. The molecule has 2 aromatic rings. The topological polar surface area (TPSA) is 29.5 Å². The van der Waals surface area contributed by atoms with Crippen molar-refractivity contribution < 1.29 is 22.7 Å². The lowest BCUT2D eigenvalue weighted by molar-refractivity contribution is 0.0865. The van der Waals surface area contributed by atoms with Gasteiger partial charge in [0.05, 0.1) is 11.7 Å². The lowest BCUT2D eigenvalue weighted by Crippen LogP contribution is -2.37. The van der Waals surface area contributed by atoms with E-state index >= 15 is 0 Å². The van der Waals surface area contributed by atoms with Gasteiger partial charge in [-0.1, -0.05) is 18.2 Å². The van der Waals surface area contributed by atoms with Gasteiger partial charge in [-0.05, 0) is 24.6 Å². The minimum atomic E-state index is -1.64. The van der Waals surface area contributed by atoms with Crippen molar-refractivity contribution in [1.82, 2.24) is 0 Å². The van der Waals surface area contributed by atoms with Gasteiger partial charge in [-0.15, -0.1) is 0 Å². The van der Waals surface area contributed by atoms with Crippen LogP contribution in [0.2, 0.25) is 0 Å². The van der Waals surface area contributed by atoms with Gasteiger partial charge in [-0.2, -0.15) is 0 Å². The zero-order valence-electron chi connectivity index (χ0n) is 12.4. The largest absolute Gasteiger partial charge is 0.377 e. The number of nitrogens with zero attached hydrogens (tertiary/aromatic N) is 1. The second-order valence-corrected chi connectivity index (χ2v) is 5.25. The number of benzene rings is 2. The molecule has 1 atom stereocenters. The third-order valence-corrected chi connectivity index (χ3v) is 3.98. The first-order chi connectivity index (χ1) is 11.0. The summed E-state index contributed by atoms with van der Waals surface area (Å²) in [7, 11) is 1.58. The van der Waals surface area contributed by atoms with E-state index in [2.05, 4.69) is 0 Å². The molecule has 1 unspecified atom stereocenters. The summed E-state index contributed by atoms with van der Waals surface area (Å²) in [6.07, 6.45) is 0.370. The highest BCUT2D eigenvalue weighted by atomic mass is 19.2. The Kier molecular flexibility index (Phi) is 4.09. The predicted octanol–water partition coefficient (Wildman–Crippen LogP) is 3.84. The maximum atomic E-state index is 13.9. The molecule has 0 aliphatic carbocycles. The van der Waals surface area contributed by atoms with Gasteiger partial charge in [0.25, 0.3) is 5.91 Å². The van der Waals surface area contributed by atoms with Crippen molar-refractivity contribution in [2.75, 3.05) is 18.6 Å². The van der Waals surface area contributed by atoms with Crippen LogP contribution >= 0.6 is 0 Å². The molecule has 2 aromatic carbocycles. The monoisotopic (exact) mass is 321 g/mol. The van der Waals surface area contributed by atoms with Gasteiger partial charge in [-0.25, -0.2) is 13.2 Å². The number of halogens is 3. The van der Waals surface area contributed by atoms with Crippen LogP contribution in [0.25, 0.3) is 0 Å². The van der Waals surface area contributed by atoms with Gasteiger partial charge in [0, 0.05) is 24.9 Å². The summed E-state index contributed by atoms with van der Waals surface area (Å²) in [5, 5.41) is 0. The highest BCUT2D eigenvalue weighted by Crippen LogP contribution is 2.36. The number of methoxy groups -OCH3 is 1. The van der Waals surface area contributed by atoms with E-state index in [-0.39, 0.29) is 6.10 Å². The van der Waals surface area contributed by atoms with Crippen molar-refractivity contribution in [3.63, 3.8) is 0 Å². The molecule has 0 spiro atoms. The molecular formula is C17H14F3NO2. The maximum Gasteiger partial charge on any atom is 0.261 e. The summed E-state index contributed by atoms with van der Waals surface area (Å²) >= 11 is 0. The van der Waals surface area contributed by atoms with Crippen molar-refractivity contribution in [2.45, 2.75) is 12.5 Å². The molecule has 1 aliphatic rings. The predicted molar refractivity (Wildman–Crippen MR) is 78.8 cm³/mol. The van der Waals surface area contributed by atoms with E-state index in [4.69, 9.17) is 4.74 Å². The molecule has 0 bridgehead atoms. The summed E-state index contributed by atoms with van der Waals surface area (Å²) in [6, 6.07) is 8.82. The van der Waals surface area contributed by atoms with Gasteiger partial charge in [0.2, 0.25) is 0 Å². The second-order valence-electron chi connectivity index (χ2n) is 5.25. The first-order valence-electron chi connectivity index (χ1n) is 7.11. The summed E-state index contributed by atoms with van der Waals surface area (Å²) in [5.41, 5.74) is 0.895. The average Bonchev–Trinajstić information content (AvgIpc) is 2.58. The number of hydrogen-bond acceptors (Lipinski definition) is 2. The molecule has 1 aliphatic heterocycles. The van der Waals surface area contributed by atoms with Gasteiger partial charge >= 0.3 is 0 Å². The van der Waals surface area contributed by atoms with E-state index in [9.17, 15) is 18.0 Å². The van der Waals surface area contributed by atoms with Crippen molar-refractivity contribution in [1.29, 1.82) is 0 Å². The number of amides is 1. The SMILES string of the molecule is COC1CCN(C(=O)c2ccc(F)c(F)c2F)c2ccccc21. The summed E-state index contributed by atoms with van der Waals surface area (Å²) < 4.78 is 45.7. The van der Waals surface area contributed by atoms with Gasteiger partial charge in [0.15, 0.2) is 17.5 Å². The number of carbonyl (C=O) groups excluding carboxylic acids is 1. The van der Waals surface area contributed by atoms with Crippen LogP contribution in [0.3, 0.4) is 0 Å². The Balaban J connectivity index is 2.03. The smallest absolute Gasteiger partial charge is 0.261 e. The molecule has 0 fully saturated rings. The molecule has 3 rings (SSSR count). The van der Waals surface area contributed by atoms with Crippen molar-refractivity contribution >= 4 is 11.6 Å². The maximum absolute atomic E-state index is 13.9. The molecule has 1 heterocycles. The van der Waals surface area contributed by atoms with E-state index in [0.717, 1.165) is 17.7 Å². The lowest BCUT2D eigenvalue weighted by Gasteiger charge is -2.33. The molecule has 0 saturated carbocycles. The zero-order valence-corrected chi connectivity index (χ0v) is 12.4. The van der Waals surface area contributed by atoms with Crippen LogP contribution in [0.1, 0.15) is 28.4 Å². The number of fused-ring (bicyclic) bond motifs is 1. The average molecular weight is 321 g/mol. The van der Waals surface area contributed by atoms with Gasteiger partial charge < -0.3 is 9.64 Å². The summed E-state index contributed by atoms with van der Waals surface area (Å²) in [6.45, 7) is 0.298. The van der Waals surface area contributed by atoms with E-state index in [1.807, 2.05) is 12.1 Å². The molecule has 1 amide bonds. The molecular weight excluding hydrogens is 307 g/mol. The molecule has 6 heteroatoms. The lowest BCUT2D eigenvalue weighted by atomic mass is 9.97. The van der Waals surface area contributed by atoms with E-state index in [1.54, 1.807) is 19.2 Å². The third kappa shape index (κ3) is 2.59. The zero-order chi connectivity index (χ0) is 16.6. The molecule has 120 valence electrons. The van der Waals surface area contributed by atoms with E-state index in [1.165, 1.54) is 4.90 Å². The van der Waals surface area contributed by atoms with Crippen LogP contribution < -0.4 is 4.90 Å². The highest BCUT2D eigenvalue weighted by molar-refractivity contribution is 6.07. The van der Waals surface area contributed by atoms with Crippen LogP contribution in [-0.2, 0) is 4.74 Å². The van der Waals surface area contributed by atoms with Crippen LogP contribution in [0.5, 0.6) is 0 Å². The quantitative estimate of drug-likeness (QED) is 0.787. The first kappa shape index (κ1) is 15.6. The summed E-state index contributed by atoms with van der Waals surface area (Å²) in [5.74, 6) is -5.14. The molecule has 3 nitrogen and oxygen atoms in total. The molecule has 0 aromatic heterocycles. The van der Waals surface area contributed by atoms with E-state index in [0.29, 0.717) is 18.7 Å². The fourth-order valence-corrected chi connectivity index (χ4v) is 2.82. The van der Waals surface area contributed by atoms with Gasteiger partial charge in [-0.3, -0.25) is 4.79 Å². The van der Waals surface area contributed by atoms with Crippen LogP contribution in [0.4, 0.5) is 18.9 Å². The van der Waals surface area contributed by atoms with Crippen LogP contribution in [0.15, 0.2) is 36.4 Å². The molecule has 0 N–H and O–H groups in total. The normalized spacial score (nSPS) is 17.0. The van der Waals surface area contributed by atoms with Crippen LogP contribution in [0, 0.1) is 17.5 Å². The van der Waals surface area contributed by atoms with Crippen molar-refractivity contribution in [3.8, 4) is 0 Å². The van der Waals surface area contributed by atoms with Crippen molar-refractivity contribution in [3.05, 3.63) is 65.0 Å². The first-order valence-corrected chi connectivity index (χ1v) is 7.11. The Labute approximate surface area is 131 Å². The number of hydrogen-bond donors (Lipinski definition) is 0. The number of rotatable bonds is 2. The van der Waals surface area contributed by atoms with E-state index < -0.39 is 28.9 Å². The standard InChI is InChI=1S/C17H14F3NO2/c1-23-14-8-9-21(13-5-3-2-4-10(13)14)17(22)11-6-7-12(18)16(20)15(11)19/h2-7,14H,8-9H2,1H3. The number of carbonyl (C=O) groups is 1. The van der Waals surface area contributed by atoms with Gasteiger partial charge in [0.1, 0.15) is 0 Å². The molecule has 0 saturated heterocycles. The Morgan fingerprint density at radius 1 is 1.13 bits per heavy atom. The number of para-hydroxylation sites is 1. The minimum Gasteiger partial charge on any atom is -0.377 e. The Morgan fingerprint density at radius 2 is 1.87 bits per heavy atom.